The number of nitrogens with zero attached hydrogens (tertiary/aromatic N) is 2. The summed E-state index contributed by atoms with van der Waals surface area (Å²) in [4.78, 5) is 15.4. The van der Waals surface area contributed by atoms with Gasteiger partial charge in [0.2, 0.25) is 0 Å². The van der Waals surface area contributed by atoms with E-state index >= 15 is 0 Å². The normalized spacial score (nSPS) is 21.2. The van der Waals surface area contributed by atoms with Gasteiger partial charge in [0.15, 0.2) is 0 Å². The van der Waals surface area contributed by atoms with Crippen LogP contribution in [0.15, 0.2) is 48.0 Å². The molecule has 2 aromatic rings. The quantitative estimate of drug-likeness (QED) is 0.653. The molecular weight excluding hydrogens is 391 g/mol. The van der Waals surface area contributed by atoms with Crippen molar-refractivity contribution in [3.8, 4) is 6.07 Å². The van der Waals surface area contributed by atoms with Crippen LogP contribution in [0.25, 0.3) is 5.57 Å². The molecule has 3 nitrogen and oxygen atoms in total. The molecule has 0 aliphatic carbocycles. The minimum atomic E-state index is -0.301. The lowest BCUT2D eigenvalue weighted by atomic mass is 9.79. The highest BCUT2D eigenvalue weighted by Crippen LogP contribution is 2.50. The number of amides is 1. The van der Waals surface area contributed by atoms with E-state index in [0.29, 0.717) is 15.6 Å². The Balaban J connectivity index is 1.83. The van der Waals surface area contributed by atoms with Crippen molar-refractivity contribution in [2.75, 3.05) is 6.54 Å². The van der Waals surface area contributed by atoms with E-state index in [4.69, 9.17) is 28.5 Å². The minimum Gasteiger partial charge on any atom is -0.329 e. The van der Waals surface area contributed by atoms with Gasteiger partial charge >= 0.3 is 0 Å². The highest BCUT2D eigenvalue weighted by atomic mass is 35.5. The molecule has 0 bridgehead atoms. The van der Waals surface area contributed by atoms with E-state index in [1.54, 1.807) is 6.07 Å². The Morgan fingerprint density at radius 3 is 2.43 bits per heavy atom. The van der Waals surface area contributed by atoms with E-state index in [2.05, 4.69) is 13.0 Å². The van der Waals surface area contributed by atoms with Crippen molar-refractivity contribution in [3.63, 3.8) is 0 Å². The molecule has 0 N–H and O–H groups in total. The molecular formula is C23H20Cl2N2O. The first-order valence-electron chi connectivity index (χ1n) is 9.49. The van der Waals surface area contributed by atoms with Gasteiger partial charge in [-0.3, -0.25) is 4.79 Å². The van der Waals surface area contributed by atoms with Gasteiger partial charge in [0.05, 0.1) is 17.2 Å². The molecule has 1 amide bonds. The maximum absolute atomic E-state index is 13.4. The van der Waals surface area contributed by atoms with E-state index in [1.807, 2.05) is 41.3 Å². The van der Waals surface area contributed by atoms with Crippen molar-refractivity contribution >= 4 is 34.7 Å². The number of fused-ring (bicyclic) bond motifs is 1. The molecule has 2 aromatic carbocycles. The third kappa shape index (κ3) is 3.02. The van der Waals surface area contributed by atoms with E-state index in [0.717, 1.165) is 54.5 Å². The molecule has 0 saturated carbocycles. The van der Waals surface area contributed by atoms with Crippen LogP contribution in [0, 0.1) is 11.3 Å². The number of carbonyl (C=O) groups is 1. The van der Waals surface area contributed by atoms with Crippen LogP contribution >= 0.6 is 23.2 Å². The molecule has 1 fully saturated rings. The largest absolute Gasteiger partial charge is 0.329 e. The summed E-state index contributed by atoms with van der Waals surface area (Å²) in [5, 5.41) is 10.1. The second kappa shape index (κ2) is 7.28. The molecule has 0 aromatic heterocycles. The second-order valence-corrected chi connectivity index (χ2v) is 8.32. The van der Waals surface area contributed by atoms with Crippen molar-refractivity contribution in [1.29, 1.82) is 5.26 Å². The number of benzene rings is 2. The number of halogens is 2. The number of nitriles is 1. The van der Waals surface area contributed by atoms with Crippen LogP contribution in [0.1, 0.15) is 42.9 Å². The summed E-state index contributed by atoms with van der Waals surface area (Å²) < 4.78 is 0. The van der Waals surface area contributed by atoms with Crippen LogP contribution in [-0.4, -0.2) is 22.9 Å². The topological polar surface area (TPSA) is 44.1 Å². The van der Waals surface area contributed by atoms with Crippen LogP contribution in [-0.2, 0) is 11.2 Å². The summed E-state index contributed by atoms with van der Waals surface area (Å²) in [7, 11) is 0. The molecule has 0 radical (unpaired) electrons. The van der Waals surface area contributed by atoms with Gasteiger partial charge in [-0.05, 0) is 72.7 Å². The second-order valence-electron chi connectivity index (χ2n) is 7.44. The molecule has 1 atom stereocenters. The first-order valence-corrected chi connectivity index (χ1v) is 10.2. The molecule has 28 heavy (non-hydrogen) atoms. The van der Waals surface area contributed by atoms with Crippen molar-refractivity contribution in [2.45, 2.75) is 38.1 Å². The molecule has 0 unspecified atom stereocenters. The summed E-state index contributed by atoms with van der Waals surface area (Å²) in [6.45, 7) is 2.87. The van der Waals surface area contributed by atoms with Gasteiger partial charge in [-0.15, -0.1) is 0 Å². The SMILES string of the molecule is CCC1=C(c2cc(Cl)cc(Cl)c2)C(=O)N2CCC[C@@]12Cc1ccc(C#N)cc1. The molecule has 5 heteroatoms. The zero-order valence-electron chi connectivity index (χ0n) is 15.6. The van der Waals surface area contributed by atoms with E-state index < -0.39 is 0 Å². The lowest BCUT2D eigenvalue weighted by Gasteiger charge is -2.35. The van der Waals surface area contributed by atoms with Crippen LogP contribution in [0.5, 0.6) is 0 Å². The summed E-state index contributed by atoms with van der Waals surface area (Å²) in [6, 6.07) is 15.2. The summed E-state index contributed by atoms with van der Waals surface area (Å²) in [5.41, 5.74) is 4.19. The molecule has 2 aliphatic heterocycles. The predicted molar refractivity (Wildman–Crippen MR) is 112 cm³/mol. The van der Waals surface area contributed by atoms with Crippen LogP contribution in [0.2, 0.25) is 10.0 Å². The number of hydrogen-bond donors (Lipinski definition) is 0. The Labute approximate surface area is 175 Å². The molecule has 0 spiro atoms. The highest BCUT2D eigenvalue weighted by Gasteiger charge is 2.53. The standard InChI is InChI=1S/C23H20Cl2N2O/c1-2-20-21(17-10-18(24)12-19(25)11-17)22(28)27-9-3-8-23(20,27)13-15-4-6-16(14-26)7-5-15/h4-7,10-12H,2-3,8-9,13H2,1H3/t23-/m1/s1. The van der Waals surface area contributed by atoms with Crippen LogP contribution in [0.3, 0.4) is 0 Å². The third-order valence-electron chi connectivity index (χ3n) is 5.90. The average Bonchev–Trinajstić information content (AvgIpc) is 3.18. The zero-order chi connectivity index (χ0) is 19.9. The monoisotopic (exact) mass is 410 g/mol. The lowest BCUT2D eigenvalue weighted by Crippen LogP contribution is -2.45. The first-order chi connectivity index (χ1) is 13.5. The van der Waals surface area contributed by atoms with Crippen molar-refractivity contribution in [2.24, 2.45) is 0 Å². The molecule has 142 valence electrons. The van der Waals surface area contributed by atoms with Gasteiger partial charge in [-0.2, -0.15) is 5.26 Å². The van der Waals surface area contributed by atoms with Gasteiger partial charge in [0.25, 0.3) is 5.91 Å². The Hall–Kier alpha value is -2.28. The van der Waals surface area contributed by atoms with Gasteiger partial charge in [-0.1, -0.05) is 42.3 Å². The molecule has 2 heterocycles. The maximum Gasteiger partial charge on any atom is 0.255 e. The summed E-state index contributed by atoms with van der Waals surface area (Å²) in [6.07, 6.45) is 3.48. The number of hydrogen-bond acceptors (Lipinski definition) is 2. The van der Waals surface area contributed by atoms with Crippen LogP contribution < -0.4 is 0 Å². The lowest BCUT2D eigenvalue weighted by molar-refractivity contribution is -0.126. The Kier molecular flexibility index (Phi) is 4.95. The average molecular weight is 411 g/mol. The smallest absolute Gasteiger partial charge is 0.255 e. The first kappa shape index (κ1) is 19.1. The zero-order valence-corrected chi connectivity index (χ0v) is 17.1. The van der Waals surface area contributed by atoms with Gasteiger partial charge < -0.3 is 4.90 Å². The van der Waals surface area contributed by atoms with Crippen LogP contribution in [0.4, 0.5) is 0 Å². The van der Waals surface area contributed by atoms with E-state index in [9.17, 15) is 4.79 Å². The van der Waals surface area contributed by atoms with E-state index in [1.165, 1.54) is 0 Å². The molecule has 4 rings (SSSR count). The van der Waals surface area contributed by atoms with Gasteiger partial charge in [0.1, 0.15) is 0 Å². The summed E-state index contributed by atoms with van der Waals surface area (Å²) >= 11 is 12.4. The Morgan fingerprint density at radius 2 is 1.82 bits per heavy atom. The fourth-order valence-corrected chi connectivity index (χ4v) is 5.34. The fraction of sp³-hybridized carbons (Fsp3) is 0.304. The number of carbonyl (C=O) groups excluding carboxylic acids is 1. The van der Waals surface area contributed by atoms with Crippen molar-refractivity contribution < 1.29 is 4.79 Å². The third-order valence-corrected chi connectivity index (χ3v) is 6.33. The highest BCUT2D eigenvalue weighted by molar-refractivity contribution is 6.35. The van der Waals surface area contributed by atoms with Crippen molar-refractivity contribution in [1.82, 2.24) is 4.90 Å². The predicted octanol–water partition coefficient (Wildman–Crippen LogP) is 5.65. The molecule has 1 saturated heterocycles. The Bertz CT molecular complexity index is 1000. The molecule has 2 aliphatic rings. The van der Waals surface area contributed by atoms with Crippen molar-refractivity contribution in [3.05, 3.63) is 74.8 Å². The Morgan fingerprint density at radius 1 is 1.14 bits per heavy atom. The minimum absolute atomic E-state index is 0.0707. The summed E-state index contributed by atoms with van der Waals surface area (Å²) in [5.74, 6) is 0.0707. The van der Waals surface area contributed by atoms with E-state index in [-0.39, 0.29) is 11.4 Å². The maximum atomic E-state index is 13.4. The van der Waals surface area contributed by atoms with Gasteiger partial charge in [0, 0.05) is 22.2 Å². The van der Waals surface area contributed by atoms with Gasteiger partial charge in [-0.25, -0.2) is 0 Å². The fourth-order valence-electron chi connectivity index (χ4n) is 4.81. The number of rotatable bonds is 4.